The molecule has 0 saturated heterocycles. The van der Waals surface area contributed by atoms with Crippen LogP contribution in [0.15, 0.2) is 47.5 Å². The topological polar surface area (TPSA) is 69.7 Å². The van der Waals surface area contributed by atoms with E-state index >= 15 is 0 Å². The van der Waals surface area contributed by atoms with Crippen LogP contribution < -0.4 is 19.5 Å². The monoisotopic (exact) mass is 426 g/mol. The van der Waals surface area contributed by atoms with E-state index in [0.717, 1.165) is 27.2 Å². The van der Waals surface area contributed by atoms with Crippen LogP contribution in [0, 0.1) is 6.92 Å². The number of fused-ring (bicyclic) bond motifs is 1. The van der Waals surface area contributed by atoms with Gasteiger partial charge in [-0.1, -0.05) is 30.8 Å². The first kappa shape index (κ1) is 21.8. The van der Waals surface area contributed by atoms with Crippen molar-refractivity contribution in [1.29, 1.82) is 0 Å². The zero-order chi connectivity index (χ0) is 21.7. The summed E-state index contributed by atoms with van der Waals surface area (Å²) in [5.74, 6) is 1.82. The molecular weight excluding hydrogens is 400 g/mol. The van der Waals surface area contributed by atoms with Gasteiger partial charge in [-0.15, -0.1) is 0 Å². The molecule has 1 aromatic heterocycles. The normalized spacial score (nSPS) is 11.8. The maximum absolute atomic E-state index is 13.0. The molecule has 6 nitrogen and oxygen atoms in total. The van der Waals surface area contributed by atoms with Crippen LogP contribution in [-0.4, -0.2) is 37.5 Å². The number of aromatic nitrogens is 1. The van der Waals surface area contributed by atoms with Gasteiger partial charge in [-0.05, 0) is 43.2 Å². The number of pyridine rings is 1. The lowest BCUT2D eigenvalue weighted by atomic mass is 10.1. The molecule has 3 aromatic rings. The third-order valence-corrected chi connectivity index (χ3v) is 6.08. The summed E-state index contributed by atoms with van der Waals surface area (Å²) in [7, 11) is 4.79. The third-order valence-electron chi connectivity index (χ3n) is 4.80. The number of nitrogens with one attached hydrogen (secondary N) is 1. The Bertz CT molecular complexity index is 1050. The molecule has 0 aliphatic heterocycles. The summed E-state index contributed by atoms with van der Waals surface area (Å²) in [5, 5.41) is 4.47. The number of hydrogen-bond donors (Lipinski definition) is 1. The molecule has 0 saturated carbocycles. The van der Waals surface area contributed by atoms with Gasteiger partial charge in [0.1, 0.15) is 22.8 Å². The molecule has 0 radical (unpaired) electrons. The van der Waals surface area contributed by atoms with Crippen molar-refractivity contribution >= 4 is 34.3 Å². The molecule has 1 atom stereocenters. The highest BCUT2D eigenvalue weighted by Gasteiger charge is 2.21. The van der Waals surface area contributed by atoms with Crippen molar-refractivity contribution in [3.8, 4) is 17.2 Å². The summed E-state index contributed by atoms with van der Waals surface area (Å²) >= 11 is 1.44. The maximum Gasteiger partial charge on any atom is 0.238 e. The standard InChI is InChI=1S/C23H26N2O4S/c1-6-20(23(26)24-17-13-15(27-3)10-11-18(17)28-4)30-21-12-14(2)16-8-7-9-19(29-5)22(16)25-21/h7-13,20H,6H2,1-5H3,(H,24,26). The summed E-state index contributed by atoms with van der Waals surface area (Å²) < 4.78 is 16.1. The van der Waals surface area contributed by atoms with Crippen molar-refractivity contribution in [2.75, 3.05) is 26.6 Å². The number of thioether (sulfide) groups is 1. The molecule has 2 aromatic carbocycles. The van der Waals surface area contributed by atoms with Crippen LogP contribution in [0.5, 0.6) is 17.2 Å². The van der Waals surface area contributed by atoms with Crippen molar-refractivity contribution in [3.63, 3.8) is 0 Å². The van der Waals surface area contributed by atoms with Crippen LogP contribution in [0.2, 0.25) is 0 Å². The second-order valence-electron chi connectivity index (χ2n) is 6.70. The fourth-order valence-corrected chi connectivity index (χ4v) is 4.19. The molecule has 1 unspecified atom stereocenters. The molecule has 1 heterocycles. The van der Waals surface area contributed by atoms with Gasteiger partial charge < -0.3 is 19.5 Å². The summed E-state index contributed by atoms with van der Waals surface area (Å²) in [5.41, 5.74) is 2.46. The smallest absolute Gasteiger partial charge is 0.238 e. The number of amides is 1. The number of carbonyl (C=O) groups is 1. The van der Waals surface area contributed by atoms with Crippen molar-refractivity contribution in [2.45, 2.75) is 30.5 Å². The summed E-state index contributed by atoms with van der Waals surface area (Å²) in [6, 6.07) is 13.2. The second kappa shape index (κ2) is 9.71. The zero-order valence-corrected chi connectivity index (χ0v) is 18.6. The Morgan fingerprint density at radius 1 is 1.07 bits per heavy atom. The van der Waals surface area contributed by atoms with Crippen molar-refractivity contribution in [3.05, 3.63) is 48.0 Å². The van der Waals surface area contributed by atoms with E-state index in [-0.39, 0.29) is 11.2 Å². The van der Waals surface area contributed by atoms with Crippen LogP contribution in [0.1, 0.15) is 18.9 Å². The van der Waals surface area contributed by atoms with E-state index in [0.29, 0.717) is 23.6 Å². The number of ether oxygens (including phenoxy) is 3. The van der Waals surface area contributed by atoms with Crippen LogP contribution >= 0.6 is 11.8 Å². The van der Waals surface area contributed by atoms with Gasteiger partial charge in [0.2, 0.25) is 5.91 Å². The van der Waals surface area contributed by atoms with Crippen molar-refractivity contribution in [2.24, 2.45) is 0 Å². The average molecular weight is 427 g/mol. The first-order chi connectivity index (χ1) is 14.5. The molecule has 1 N–H and O–H groups in total. The van der Waals surface area contributed by atoms with Gasteiger partial charge >= 0.3 is 0 Å². The largest absolute Gasteiger partial charge is 0.497 e. The van der Waals surface area contributed by atoms with E-state index in [2.05, 4.69) is 5.32 Å². The fourth-order valence-electron chi connectivity index (χ4n) is 3.18. The van der Waals surface area contributed by atoms with Crippen molar-refractivity contribution in [1.82, 2.24) is 4.98 Å². The van der Waals surface area contributed by atoms with Crippen LogP contribution in [0.4, 0.5) is 5.69 Å². The van der Waals surface area contributed by atoms with E-state index in [1.807, 2.05) is 38.1 Å². The highest BCUT2D eigenvalue weighted by Crippen LogP contribution is 2.34. The first-order valence-corrected chi connectivity index (χ1v) is 10.5. The fraction of sp³-hybridized carbons (Fsp3) is 0.304. The number of para-hydroxylation sites is 1. The number of nitrogens with zero attached hydrogens (tertiary/aromatic N) is 1. The summed E-state index contributed by atoms with van der Waals surface area (Å²) in [4.78, 5) is 17.8. The Morgan fingerprint density at radius 3 is 2.50 bits per heavy atom. The molecular formula is C23H26N2O4S. The van der Waals surface area contributed by atoms with Gasteiger partial charge in [-0.3, -0.25) is 4.79 Å². The van der Waals surface area contributed by atoms with E-state index in [1.165, 1.54) is 11.8 Å². The molecule has 0 spiro atoms. The molecule has 0 bridgehead atoms. The van der Waals surface area contributed by atoms with E-state index in [9.17, 15) is 4.79 Å². The van der Waals surface area contributed by atoms with Gasteiger partial charge in [0.15, 0.2) is 0 Å². The molecule has 0 aliphatic carbocycles. The lowest BCUT2D eigenvalue weighted by Crippen LogP contribution is -2.25. The number of carbonyl (C=O) groups excluding carboxylic acids is 1. The Morgan fingerprint density at radius 2 is 1.83 bits per heavy atom. The highest BCUT2D eigenvalue weighted by atomic mass is 32.2. The number of methoxy groups -OCH3 is 3. The minimum atomic E-state index is -0.319. The van der Waals surface area contributed by atoms with E-state index < -0.39 is 0 Å². The third kappa shape index (κ3) is 4.62. The molecule has 0 aliphatic rings. The van der Waals surface area contributed by atoms with E-state index in [1.54, 1.807) is 39.5 Å². The minimum absolute atomic E-state index is 0.117. The average Bonchev–Trinajstić information content (AvgIpc) is 2.76. The summed E-state index contributed by atoms with van der Waals surface area (Å²) in [6.07, 6.45) is 0.646. The lowest BCUT2D eigenvalue weighted by molar-refractivity contribution is -0.115. The van der Waals surface area contributed by atoms with Crippen LogP contribution in [0.25, 0.3) is 10.9 Å². The van der Waals surface area contributed by atoms with E-state index in [4.69, 9.17) is 19.2 Å². The van der Waals surface area contributed by atoms with Gasteiger partial charge in [-0.2, -0.15) is 0 Å². The second-order valence-corrected chi connectivity index (χ2v) is 7.93. The minimum Gasteiger partial charge on any atom is -0.497 e. The number of anilines is 1. The maximum atomic E-state index is 13.0. The number of aryl methyl sites for hydroxylation is 1. The summed E-state index contributed by atoms with van der Waals surface area (Å²) in [6.45, 7) is 4.02. The molecule has 158 valence electrons. The van der Waals surface area contributed by atoms with Crippen LogP contribution in [-0.2, 0) is 4.79 Å². The predicted molar refractivity (Wildman–Crippen MR) is 121 cm³/mol. The zero-order valence-electron chi connectivity index (χ0n) is 17.8. The SMILES string of the molecule is CCC(Sc1cc(C)c2cccc(OC)c2n1)C(=O)Nc1cc(OC)ccc1OC. The first-order valence-electron chi connectivity index (χ1n) is 9.64. The van der Waals surface area contributed by atoms with Crippen LogP contribution in [0.3, 0.4) is 0 Å². The Hall–Kier alpha value is -2.93. The molecule has 7 heteroatoms. The van der Waals surface area contributed by atoms with Gasteiger partial charge in [0.05, 0.1) is 37.3 Å². The Kier molecular flexibility index (Phi) is 7.05. The number of rotatable bonds is 8. The Labute approximate surface area is 180 Å². The predicted octanol–water partition coefficient (Wildman–Crippen LogP) is 5.08. The number of benzene rings is 2. The molecule has 0 fully saturated rings. The molecule has 3 rings (SSSR count). The molecule has 30 heavy (non-hydrogen) atoms. The Balaban J connectivity index is 1.86. The van der Waals surface area contributed by atoms with Gasteiger partial charge in [-0.25, -0.2) is 4.98 Å². The number of hydrogen-bond acceptors (Lipinski definition) is 6. The van der Waals surface area contributed by atoms with Gasteiger partial charge in [0, 0.05) is 11.5 Å². The highest BCUT2D eigenvalue weighted by molar-refractivity contribution is 8.00. The van der Waals surface area contributed by atoms with Crippen molar-refractivity contribution < 1.29 is 19.0 Å². The quantitative estimate of drug-likeness (QED) is 0.507. The van der Waals surface area contributed by atoms with Gasteiger partial charge in [0.25, 0.3) is 0 Å². The molecule has 1 amide bonds. The lowest BCUT2D eigenvalue weighted by Gasteiger charge is -2.17.